The van der Waals surface area contributed by atoms with E-state index in [4.69, 9.17) is 5.11 Å². The van der Waals surface area contributed by atoms with Crippen molar-refractivity contribution in [2.45, 2.75) is 31.7 Å². The average Bonchev–Trinajstić information content (AvgIpc) is 2.70. The highest BCUT2D eigenvalue weighted by Crippen LogP contribution is 2.19. The van der Waals surface area contributed by atoms with Gasteiger partial charge in [0, 0.05) is 6.54 Å². The van der Waals surface area contributed by atoms with Gasteiger partial charge in [-0.15, -0.1) is 10.2 Å². The molecule has 2 rings (SSSR count). The van der Waals surface area contributed by atoms with Gasteiger partial charge in [-0.3, -0.25) is 5.32 Å². The highest BCUT2D eigenvalue weighted by molar-refractivity contribution is 7.13. The number of carboxylic acids is 1. The van der Waals surface area contributed by atoms with Crippen LogP contribution in [0.25, 0.3) is 0 Å². The number of rotatable bonds is 2. The van der Waals surface area contributed by atoms with Gasteiger partial charge in [0.05, 0.1) is 0 Å². The molecule has 98 valence electrons. The van der Waals surface area contributed by atoms with Crippen LogP contribution in [0.3, 0.4) is 0 Å². The number of carbonyl (C=O) groups excluding carboxylic acids is 1. The number of aliphatic carboxylic acids is 1. The van der Waals surface area contributed by atoms with Gasteiger partial charge in [-0.05, 0) is 12.8 Å². The Hall–Kier alpha value is -1.70. The SMILES string of the molecule is O=C(O)C1CCCCCN1C(=O)Nc1nncs1. The van der Waals surface area contributed by atoms with Crippen LogP contribution in [0.5, 0.6) is 0 Å². The number of carboxylic acid groups (broad SMARTS) is 1. The van der Waals surface area contributed by atoms with Crippen molar-refractivity contribution < 1.29 is 14.7 Å². The molecule has 2 heterocycles. The largest absolute Gasteiger partial charge is 0.480 e. The van der Waals surface area contributed by atoms with Crippen molar-refractivity contribution in [2.24, 2.45) is 0 Å². The smallest absolute Gasteiger partial charge is 0.326 e. The van der Waals surface area contributed by atoms with Crippen LogP contribution in [0.4, 0.5) is 9.93 Å². The molecule has 0 radical (unpaired) electrons. The summed E-state index contributed by atoms with van der Waals surface area (Å²) in [6.45, 7) is 0.460. The topological polar surface area (TPSA) is 95.4 Å². The predicted molar refractivity (Wildman–Crippen MR) is 65.5 cm³/mol. The molecular formula is C10H14N4O3S. The third kappa shape index (κ3) is 2.95. The molecule has 1 aromatic heterocycles. The maximum absolute atomic E-state index is 12.0. The van der Waals surface area contributed by atoms with E-state index in [2.05, 4.69) is 15.5 Å². The second-order valence-electron chi connectivity index (χ2n) is 4.07. The third-order valence-electron chi connectivity index (χ3n) is 2.87. The molecule has 0 spiro atoms. The Morgan fingerprint density at radius 3 is 2.94 bits per heavy atom. The molecule has 1 aliphatic rings. The number of aromatic nitrogens is 2. The molecule has 2 amide bonds. The number of likely N-dealkylation sites (tertiary alicyclic amines) is 1. The van der Waals surface area contributed by atoms with Gasteiger partial charge < -0.3 is 10.0 Å². The van der Waals surface area contributed by atoms with Crippen molar-refractivity contribution in [3.05, 3.63) is 5.51 Å². The Morgan fingerprint density at radius 1 is 1.44 bits per heavy atom. The van der Waals surface area contributed by atoms with E-state index in [0.29, 0.717) is 18.1 Å². The minimum atomic E-state index is -0.954. The van der Waals surface area contributed by atoms with Gasteiger partial charge in [0.25, 0.3) is 0 Å². The molecule has 8 heteroatoms. The van der Waals surface area contributed by atoms with Crippen LogP contribution in [0.2, 0.25) is 0 Å². The summed E-state index contributed by atoms with van der Waals surface area (Å²) in [6.07, 6.45) is 3.11. The van der Waals surface area contributed by atoms with Gasteiger partial charge in [-0.2, -0.15) is 0 Å². The van der Waals surface area contributed by atoms with Crippen molar-refractivity contribution in [1.82, 2.24) is 15.1 Å². The molecule has 1 fully saturated rings. The molecule has 1 aromatic rings. The van der Waals surface area contributed by atoms with Gasteiger partial charge in [0.1, 0.15) is 11.6 Å². The van der Waals surface area contributed by atoms with Crippen LogP contribution < -0.4 is 5.32 Å². The quantitative estimate of drug-likeness (QED) is 0.846. The number of amides is 2. The Bertz CT molecular complexity index is 423. The lowest BCUT2D eigenvalue weighted by molar-refractivity contribution is -0.142. The van der Waals surface area contributed by atoms with Crippen LogP contribution in [-0.2, 0) is 4.79 Å². The number of hydrogen-bond donors (Lipinski definition) is 2. The summed E-state index contributed by atoms with van der Waals surface area (Å²) in [6, 6.07) is -1.17. The van der Waals surface area contributed by atoms with Gasteiger partial charge in [-0.1, -0.05) is 24.2 Å². The maximum atomic E-state index is 12.0. The zero-order valence-electron chi connectivity index (χ0n) is 9.70. The van der Waals surface area contributed by atoms with Crippen molar-refractivity contribution in [3.63, 3.8) is 0 Å². The van der Waals surface area contributed by atoms with E-state index in [-0.39, 0.29) is 0 Å². The van der Waals surface area contributed by atoms with Crippen molar-refractivity contribution >= 4 is 28.5 Å². The summed E-state index contributed by atoms with van der Waals surface area (Å²) in [5.41, 5.74) is 1.51. The fraction of sp³-hybridized carbons (Fsp3) is 0.600. The molecule has 18 heavy (non-hydrogen) atoms. The van der Waals surface area contributed by atoms with Gasteiger partial charge in [-0.25, -0.2) is 9.59 Å². The number of carbonyl (C=O) groups is 2. The summed E-state index contributed by atoms with van der Waals surface area (Å²) < 4.78 is 0. The molecule has 1 saturated heterocycles. The summed E-state index contributed by atoms with van der Waals surface area (Å²) in [5.74, 6) is -0.954. The van der Waals surface area contributed by atoms with Gasteiger partial charge in [0.2, 0.25) is 5.13 Å². The molecule has 7 nitrogen and oxygen atoms in total. The van der Waals surface area contributed by atoms with Gasteiger partial charge >= 0.3 is 12.0 Å². The number of hydrogen-bond acceptors (Lipinski definition) is 5. The number of nitrogens with zero attached hydrogens (tertiary/aromatic N) is 3. The molecule has 2 N–H and O–H groups in total. The summed E-state index contributed by atoms with van der Waals surface area (Å²) >= 11 is 1.20. The first-order valence-electron chi connectivity index (χ1n) is 5.75. The third-order valence-corrected chi connectivity index (χ3v) is 3.48. The van der Waals surface area contributed by atoms with E-state index in [9.17, 15) is 9.59 Å². The number of nitrogens with one attached hydrogen (secondary N) is 1. The summed E-state index contributed by atoms with van der Waals surface area (Å²) in [7, 11) is 0. The Labute approximate surface area is 108 Å². The Kier molecular flexibility index (Phi) is 4.08. The lowest BCUT2D eigenvalue weighted by Gasteiger charge is -2.26. The van der Waals surface area contributed by atoms with E-state index >= 15 is 0 Å². The minimum absolute atomic E-state index is 0.383. The number of urea groups is 1. The van der Waals surface area contributed by atoms with E-state index in [0.717, 1.165) is 19.3 Å². The lowest BCUT2D eigenvalue weighted by Crippen LogP contribution is -2.46. The van der Waals surface area contributed by atoms with Crippen LogP contribution in [0, 0.1) is 0 Å². The van der Waals surface area contributed by atoms with E-state index in [1.54, 1.807) is 0 Å². The van der Waals surface area contributed by atoms with E-state index in [1.807, 2.05) is 0 Å². The van der Waals surface area contributed by atoms with Crippen molar-refractivity contribution in [3.8, 4) is 0 Å². The van der Waals surface area contributed by atoms with Crippen LogP contribution in [0.15, 0.2) is 5.51 Å². The monoisotopic (exact) mass is 270 g/mol. The zero-order valence-corrected chi connectivity index (χ0v) is 10.5. The second kappa shape index (κ2) is 5.76. The average molecular weight is 270 g/mol. The predicted octanol–water partition coefficient (Wildman–Crippen LogP) is 1.40. The molecule has 0 bridgehead atoms. The molecule has 0 saturated carbocycles. The summed E-state index contributed by atoms with van der Waals surface area (Å²) in [4.78, 5) is 24.6. The first-order valence-corrected chi connectivity index (χ1v) is 6.63. The van der Waals surface area contributed by atoms with Crippen LogP contribution in [-0.4, -0.2) is 44.8 Å². The van der Waals surface area contributed by atoms with E-state index in [1.165, 1.54) is 21.7 Å². The van der Waals surface area contributed by atoms with E-state index < -0.39 is 18.0 Å². The molecule has 1 atom stereocenters. The Balaban J connectivity index is 2.07. The molecule has 0 aromatic carbocycles. The minimum Gasteiger partial charge on any atom is -0.480 e. The second-order valence-corrected chi connectivity index (χ2v) is 4.90. The fourth-order valence-corrected chi connectivity index (χ4v) is 2.43. The molecule has 1 unspecified atom stereocenters. The van der Waals surface area contributed by atoms with Crippen molar-refractivity contribution in [1.29, 1.82) is 0 Å². The highest BCUT2D eigenvalue weighted by atomic mass is 32.1. The molecular weight excluding hydrogens is 256 g/mol. The fourth-order valence-electron chi connectivity index (χ4n) is 2.00. The maximum Gasteiger partial charge on any atom is 0.326 e. The number of anilines is 1. The molecule has 1 aliphatic heterocycles. The standard InChI is InChI=1S/C10H14N4O3S/c15-8(16)7-4-2-1-3-5-14(7)10(17)12-9-13-11-6-18-9/h6-7H,1-5H2,(H,15,16)(H,12,13,17). The van der Waals surface area contributed by atoms with Gasteiger partial charge in [0.15, 0.2) is 0 Å². The lowest BCUT2D eigenvalue weighted by atomic mass is 10.1. The first kappa shape index (κ1) is 12.7. The molecule has 0 aliphatic carbocycles. The summed E-state index contributed by atoms with van der Waals surface area (Å²) in [5, 5.41) is 19.4. The Morgan fingerprint density at radius 2 is 2.28 bits per heavy atom. The van der Waals surface area contributed by atoms with Crippen LogP contribution >= 0.6 is 11.3 Å². The zero-order chi connectivity index (χ0) is 13.0. The van der Waals surface area contributed by atoms with Crippen molar-refractivity contribution in [2.75, 3.05) is 11.9 Å². The van der Waals surface area contributed by atoms with Crippen LogP contribution in [0.1, 0.15) is 25.7 Å². The highest BCUT2D eigenvalue weighted by Gasteiger charge is 2.31. The first-order chi connectivity index (χ1) is 8.68. The normalized spacial score (nSPS) is 20.2.